The molecule has 0 atom stereocenters. The van der Waals surface area contributed by atoms with Gasteiger partial charge in [-0.3, -0.25) is 0 Å². The van der Waals surface area contributed by atoms with Gasteiger partial charge < -0.3 is 14.6 Å². The van der Waals surface area contributed by atoms with Crippen molar-refractivity contribution in [2.24, 2.45) is 0 Å². The van der Waals surface area contributed by atoms with E-state index in [1.54, 1.807) is 0 Å². The van der Waals surface area contributed by atoms with Gasteiger partial charge in [0.1, 0.15) is 5.75 Å². The predicted octanol–water partition coefficient (Wildman–Crippen LogP) is 0.965. The molecular formula is C10H11O3-. The van der Waals surface area contributed by atoms with Gasteiger partial charge in [-0.2, -0.15) is 0 Å². The summed E-state index contributed by atoms with van der Waals surface area (Å²) in [6.07, 6.45) is 1.41. The minimum atomic E-state index is -1.08. The molecule has 0 saturated heterocycles. The number of carbonyl (C=O) groups is 1. The van der Waals surface area contributed by atoms with E-state index in [-0.39, 0.29) is 0 Å². The summed E-state index contributed by atoms with van der Waals surface area (Å²) >= 11 is 0. The lowest BCUT2D eigenvalue weighted by atomic mass is 10.3. The zero-order valence-corrected chi connectivity index (χ0v) is 7.40. The van der Waals surface area contributed by atoms with Gasteiger partial charge in [0.05, 0.1) is 6.26 Å². The van der Waals surface area contributed by atoms with Crippen molar-refractivity contribution in [3.63, 3.8) is 0 Å². The Labute approximate surface area is 77.3 Å². The van der Waals surface area contributed by atoms with Crippen LogP contribution in [0.2, 0.25) is 0 Å². The number of hydrogen-bond acceptors (Lipinski definition) is 3. The van der Waals surface area contributed by atoms with Crippen molar-refractivity contribution in [1.29, 1.82) is 0 Å². The molecule has 1 aromatic carbocycles. The normalized spacial score (nSPS) is 7.77. The first-order valence-corrected chi connectivity index (χ1v) is 3.67. The van der Waals surface area contributed by atoms with Crippen molar-refractivity contribution < 1.29 is 14.6 Å². The lowest BCUT2D eigenvalue weighted by Gasteiger charge is -1.95. The van der Waals surface area contributed by atoms with Gasteiger partial charge in [0.15, 0.2) is 0 Å². The van der Waals surface area contributed by atoms with Gasteiger partial charge in [-0.1, -0.05) is 24.8 Å². The van der Waals surface area contributed by atoms with Crippen LogP contribution in [0.15, 0.2) is 43.2 Å². The molecule has 0 unspecified atom stereocenters. The van der Waals surface area contributed by atoms with E-state index in [2.05, 4.69) is 6.58 Å². The van der Waals surface area contributed by atoms with Crippen molar-refractivity contribution in [1.82, 2.24) is 0 Å². The monoisotopic (exact) mass is 179 g/mol. The molecule has 0 amide bonds. The quantitative estimate of drug-likeness (QED) is 0.635. The Morgan fingerprint density at radius 1 is 1.46 bits per heavy atom. The number of rotatable bonds is 2. The van der Waals surface area contributed by atoms with E-state index in [4.69, 9.17) is 14.6 Å². The Hall–Kier alpha value is -1.77. The third-order valence-electron chi connectivity index (χ3n) is 0.963. The fourth-order valence-electron chi connectivity index (χ4n) is 0.595. The molecule has 0 aliphatic carbocycles. The van der Waals surface area contributed by atoms with Crippen LogP contribution in [0.4, 0.5) is 0 Å². The van der Waals surface area contributed by atoms with Gasteiger partial charge in [0.2, 0.25) is 0 Å². The Morgan fingerprint density at radius 2 is 1.92 bits per heavy atom. The highest BCUT2D eigenvalue weighted by Crippen LogP contribution is 2.07. The third kappa shape index (κ3) is 8.13. The molecule has 0 aliphatic heterocycles. The summed E-state index contributed by atoms with van der Waals surface area (Å²) in [5, 5.41) is 8.89. The molecule has 70 valence electrons. The highest BCUT2D eigenvalue weighted by Gasteiger charge is 1.82. The maximum atomic E-state index is 8.89. The van der Waals surface area contributed by atoms with Crippen LogP contribution in [-0.2, 0) is 4.79 Å². The summed E-state index contributed by atoms with van der Waals surface area (Å²) in [5.74, 6) is -0.257. The zero-order chi connectivity index (χ0) is 10.1. The first kappa shape index (κ1) is 11.2. The number of carboxylic acid groups (broad SMARTS) is 1. The van der Waals surface area contributed by atoms with Crippen LogP contribution in [0.3, 0.4) is 0 Å². The molecule has 0 aromatic heterocycles. The average Bonchev–Trinajstić information content (AvgIpc) is 2.06. The summed E-state index contributed by atoms with van der Waals surface area (Å²) in [6, 6.07) is 9.52. The van der Waals surface area contributed by atoms with E-state index in [1.165, 1.54) is 6.26 Å². The van der Waals surface area contributed by atoms with Gasteiger partial charge in [-0.25, -0.2) is 0 Å². The summed E-state index contributed by atoms with van der Waals surface area (Å²) in [5.41, 5.74) is 0. The van der Waals surface area contributed by atoms with Gasteiger partial charge in [-0.05, 0) is 19.1 Å². The van der Waals surface area contributed by atoms with Crippen molar-refractivity contribution in [2.45, 2.75) is 6.92 Å². The molecule has 0 N–H and O–H groups in total. The number of benzene rings is 1. The van der Waals surface area contributed by atoms with Gasteiger partial charge in [0.25, 0.3) is 0 Å². The number of ether oxygens (including phenoxy) is 1. The Bertz CT molecular complexity index is 250. The minimum absolute atomic E-state index is 0.826. The lowest BCUT2D eigenvalue weighted by molar-refractivity contribution is -0.302. The molecule has 0 bridgehead atoms. The van der Waals surface area contributed by atoms with E-state index >= 15 is 0 Å². The molecule has 1 aromatic rings. The number of aliphatic carboxylic acids is 1. The fraction of sp³-hybridized carbons (Fsp3) is 0.100. The van der Waals surface area contributed by atoms with E-state index in [0.717, 1.165) is 12.7 Å². The van der Waals surface area contributed by atoms with Crippen LogP contribution in [-0.4, -0.2) is 5.97 Å². The molecule has 0 heterocycles. The van der Waals surface area contributed by atoms with Gasteiger partial charge in [-0.15, -0.1) is 0 Å². The second-order valence-electron chi connectivity index (χ2n) is 2.09. The lowest BCUT2D eigenvalue weighted by Crippen LogP contribution is -2.16. The molecule has 0 fully saturated rings. The number of carboxylic acids is 1. The second-order valence-corrected chi connectivity index (χ2v) is 2.09. The van der Waals surface area contributed by atoms with Crippen LogP contribution >= 0.6 is 0 Å². The zero-order valence-electron chi connectivity index (χ0n) is 7.40. The Morgan fingerprint density at radius 3 is 2.31 bits per heavy atom. The Kier molecular flexibility index (Phi) is 5.97. The van der Waals surface area contributed by atoms with E-state index in [0.29, 0.717) is 0 Å². The van der Waals surface area contributed by atoms with E-state index in [1.807, 2.05) is 30.3 Å². The minimum Gasteiger partial charge on any atom is -0.550 e. The number of carbonyl (C=O) groups excluding carboxylic acids is 1. The maximum absolute atomic E-state index is 8.89. The predicted molar refractivity (Wildman–Crippen MR) is 47.9 cm³/mol. The van der Waals surface area contributed by atoms with Crippen molar-refractivity contribution >= 4 is 5.97 Å². The SMILES string of the molecule is C=COc1ccccc1.CC(=O)[O-]. The summed E-state index contributed by atoms with van der Waals surface area (Å²) < 4.78 is 4.97. The smallest absolute Gasteiger partial charge is 0.126 e. The van der Waals surface area contributed by atoms with Crippen molar-refractivity contribution in [3.05, 3.63) is 43.2 Å². The first-order chi connectivity index (χ1) is 6.16. The molecule has 0 saturated carbocycles. The van der Waals surface area contributed by atoms with Gasteiger partial charge >= 0.3 is 0 Å². The van der Waals surface area contributed by atoms with Gasteiger partial charge in [0, 0.05) is 5.97 Å². The summed E-state index contributed by atoms with van der Waals surface area (Å²) in [6.45, 7) is 4.41. The summed E-state index contributed by atoms with van der Waals surface area (Å²) in [4.78, 5) is 8.89. The largest absolute Gasteiger partial charge is 0.550 e. The molecule has 0 aliphatic rings. The first-order valence-electron chi connectivity index (χ1n) is 3.67. The second kappa shape index (κ2) is 6.91. The van der Waals surface area contributed by atoms with Crippen LogP contribution in [0.5, 0.6) is 5.75 Å². The molecular weight excluding hydrogens is 168 g/mol. The number of hydrogen-bond donors (Lipinski definition) is 0. The number of para-hydroxylation sites is 1. The standard InChI is InChI=1S/C8H8O.C2H4O2/c1-2-9-8-6-4-3-5-7-8;1-2(3)4/h2-7H,1H2;1H3,(H,3,4)/p-1. The van der Waals surface area contributed by atoms with E-state index < -0.39 is 5.97 Å². The summed E-state index contributed by atoms with van der Waals surface area (Å²) in [7, 11) is 0. The fourth-order valence-corrected chi connectivity index (χ4v) is 0.595. The molecule has 1 rings (SSSR count). The molecule has 13 heavy (non-hydrogen) atoms. The molecule has 3 nitrogen and oxygen atoms in total. The molecule has 3 heteroatoms. The Balaban J connectivity index is 0.000000310. The highest BCUT2D eigenvalue weighted by molar-refractivity contribution is 5.60. The molecule has 0 spiro atoms. The highest BCUT2D eigenvalue weighted by atomic mass is 16.5. The maximum Gasteiger partial charge on any atom is 0.126 e. The van der Waals surface area contributed by atoms with Crippen LogP contribution in [0.25, 0.3) is 0 Å². The van der Waals surface area contributed by atoms with Crippen LogP contribution in [0.1, 0.15) is 6.92 Å². The van der Waals surface area contributed by atoms with E-state index in [9.17, 15) is 0 Å². The average molecular weight is 179 g/mol. The van der Waals surface area contributed by atoms with Crippen LogP contribution in [0, 0.1) is 0 Å². The topological polar surface area (TPSA) is 49.4 Å². The third-order valence-corrected chi connectivity index (χ3v) is 0.963. The van der Waals surface area contributed by atoms with Crippen molar-refractivity contribution in [3.8, 4) is 5.75 Å². The molecule has 0 radical (unpaired) electrons. The van der Waals surface area contributed by atoms with Crippen LogP contribution < -0.4 is 9.84 Å². The van der Waals surface area contributed by atoms with Crippen molar-refractivity contribution in [2.75, 3.05) is 0 Å².